The Morgan fingerprint density at radius 2 is 1.85 bits per heavy atom. The lowest BCUT2D eigenvalue weighted by Crippen LogP contribution is -2.14. The first-order chi connectivity index (χ1) is 12.4. The minimum absolute atomic E-state index is 0.100. The van der Waals surface area contributed by atoms with Crippen LogP contribution in [0.3, 0.4) is 0 Å². The third kappa shape index (κ3) is 3.21. The monoisotopic (exact) mass is 372 g/mol. The molecule has 3 aromatic rings. The fraction of sp³-hybridized carbons (Fsp3) is 0.400. The fourth-order valence-electron chi connectivity index (χ4n) is 3.00. The number of aromatic nitrogens is 2. The van der Waals surface area contributed by atoms with Crippen molar-refractivity contribution in [1.82, 2.24) is 9.38 Å². The molecule has 6 heteroatoms. The van der Waals surface area contributed by atoms with Crippen LogP contribution in [-0.2, 0) is 5.41 Å². The fourth-order valence-corrected chi connectivity index (χ4v) is 3.72. The van der Waals surface area contributed by atoms with Gasteiger partial charge in [0.2, 0.25) is 0 Å². The van der Waals surface area contributed by atoms with Gasteiger partial charge >= 0.3 is 0 Å². The molecule has 26 heavy (non-hydrogen) atoms. The van der Waals surface area contributed by atoms with Crippen LogP contribution < -0.4 is 9.47 Å². The van der Waals surface area contributed by atoms with E-state index in [9.17, 15) is 4.79 Å². The van der Waals surface area contributed by atoms with Crippen LogP contribution in [0.5, 0.6) is 11.5 Å². The molecule has 2 aromatic heterocycles. The Bertz CT molecular complexity index is 935. The minimum atomic E-state index is -0.100. The molecule has 0 aliphatic heterocycles. The maximum Gasteiger partial charge on any atom is 0.194 e. The Morgan fingerprint density at radius 1 is 1.15 bits per heavy atom. The summed E-state index contributed by atoms with van der Waals surface area (Å²) in [5.74, 6) is 1.52. The number of carbonyl (C=O) groups is 1. The van der Waals surface area contributed by atoms with Crippen molar-refractivity contribution in [2.45, 2.75) is 40.0 Å². The Kier molecular flexibility index (Phi) is 5.05. The predicted molar refractivity (Wildman–Crippen MR) is 105 cm³/mol. The Labute approximate surface area is 157 Å². The van der Waals surface area contributed by atoms with E-state index in [4.69, 9.17) is 9.47 Å². The molecule has 0 aliphatic carbocycles. The number of nitrogens with zero attached hydrogens (tertiary/aromatic N) is 2. The molecule has 0 fully saturated rings. The van der Waals surface area contributed by atoms with Gasteiger partial charge in [-0.05, 0) is 31.4 Å². The van der Waals surface area contributed by atoms with Gasteiger partial charge in [-0.2, -0.15) is 0 Å². The molecule has 0 aliphatic rings. The van der Waals surface area contributed by atoms with Crippen molar-refractivity contribution in [2.75, 3.05) is 13.2 Å². The van der Waals surface area contributed by atoms with E-state index in [-0.39, 0.29) is 5.41 Å². The summed E-state index contributed by atoms with van der Waals surface area (Å²) < 4.78 is 13.6. The molecule has 0 saturated heterocycles. The van der Waals surface area contributed by atoms with Crippen molar-refractivity contribution in [3.63, 3.8) is 0 Å². The van der Waals surface area contributed by atoms with Crippen LogP contribution in [-0.4, -0.2) is 28.9 Å². The van der Waals surface area contributed by atoms with Crippen LogP contribution in [0.2, 0.25) is 0 Å². The number of carbonyl (C=O) groups excluding carboxylic acids is 1. The molecule has 5 nitrogen and oxygen atoms in total. The molecule has 0 unspecified atom stereocenters. The van der Waals surface area contributed by atoms with Gasteiger partial charge in [0.15, 0.2) is 11.2 Å². The van der Waals surface area contributed by atoms with Crippen molar-refractivity contribution >= 4 is 22.6 Å². The molecule has 1 aromatic carbocycles. The average Bonchev–Trinajstić information content (AvgIpc) is 3.15. The molecule has 0 spiro atoms. The van der Waals surface area contributed by atoms with E-state index < -0.39 is 0 Å². The second-order valence-electron chi connectivity index (χ2n) is 6.98. The topological polar surface area (TPSA) is 52.8 Å². The number of aldehydes is 1. The first-order valence-corrected chi connectivity index (χ1v) is 9.63. The summed E-state index contributed by atoms with van der Waals surface area (Å²) in [6.45, 7) is 11.4. The molecule has 2 heterocycles. The second kappa shape index (κ2) is 7.11. The standard InChI is InChI=1S/C20H24N2O3S/c1-6-24-16-11-14(20(3,4)5)17(25-7-2)10-13(16)18-15(12-23)22-8-9-26-19(22)21-18/h8-12H,6-7H2,1-5H3. The zero-order chi connectivity index (χ0) is 18.9. The smallest absolute Gasteiger partial charge is 0.194 e. The van der Waals surface area contributed by atoms with E-state index in [1.807, 2.05) is 37.6 Å². The molecule has 0 amide bonds. The number of ether oxygens (including phenoxy) is 2. The summed E-state index contributed by atoms with van der Waals surface area (Å²) in [6.07, 6.45) is 2.70. The second-order valence-corrected chi connectivity index (χ2v) is 7.85. The third-order valence-electron chi connectivity index (χ3n) is 4.16. The maximum absolute atomic E-state index is 11.8. The number of rotatable bonds is 6. The SMILES string of the molecule is CCOc1cc(C(C)(C)C)c(OCC)cc1-c1nc2sccn2c1C=O. The molecule has 0 radical (unpaired) electrons. The summed E-state index contributed by atoms with van der Waals surface area (Å²) in [7, 11) is 0. The van der Waals surface area contributed by atoms with Crippen LogP contribution >= 0.6 is 11.3 Å². The van der Waals surface area contributed by atoms with E-state index >= 15 is 0 Å². The molecule has 3 rings (SSSR count). The first kappa shape index (κ1) is 18.5. The van der Waals surface area contributed by atoms with E-state index in [0.29, 0.717) is 24.6 Å². The Hall–Kier alpha value is -2.34. The van der Waals surface area contributed by atoms with Crippen molar-refractivity contribution in [3.05, 3.63) is 35.0 Å². The third-order valence-corrected chi connectivity index (χ3v) is 4.91. The maximum atomic E-state index is 11.8. The largest absolute Gasteiger partial charge is 0.494 e. The van der Waals surface area contributed by atoms with Crippen LogP contribution in [0.25, 0.3) is 16.2 Å². The lowest BCUT2D eigenvalue weighted by atomic mass is 9.85. The number of benzene rings is 1. The quantitative estimate of drug-likeness (QED) is 0.573. The first-order valence-electron chi connectivity index (χ1n) is 8.75. The molecule has 0 N–H and O–H groups in total. The van der Waals surface area contributed by atoms with Gasteiger partial charge in [0.25, 0.3) is 0 Å². The summed E-state index contributed by atoms with van der Waals surface area (Å²) in [5, 5.41) is 1.91. The minimum Gasteiger partial charge on any atom is -0.494 e. The normalized spacial score (nSPS) is 11.7. The van der Waals surface area contributed by atoms with Crippen LogP contribution in [0, 0.1) is 0 Å². The molecule has 0 saturated carbocycles. The summed E-state index contributed by atoms with van der Waals surface area (Å²) in [5.41, 5.74) is 2.89. The molecule has 0 atom stereocenters. The highest BCUT2D eigenvalue weighted by atomic mass is 32.1. The van der Waals surface area contributed by atoms with Crippen LogP contribution in [0.15, 0.2) is 23.7 Å². The van der Waals surface area contributed by atoms with E-state index in [1.54, 1.807) is 4.40 Å². The molecule has 138 valence electrons. The van der Waals surface area contributed by atoms with Crippen molar-refractivity contribution < 1.29 is 14.3 Å². The number of hydrogen-bond donors (Lipinski definition) is 0. The zero-order valence-electron chi connectivity index (χ0n) is 15.8. The van der Waals surface area contributed by atoms with Gasteiger partial charge in [-0.1, -0.05) is 20.8 Å². The van der Waals surface area contributed by atoms with E-state index in [2.05, 4.69) is 25.8 Å². The Morgan fingerprint density at radius 3 is 2.46 bits per heavy atom. The number of fused-ring (bicyclic) bond motifs is 1. The lowest BCUT2D eigenvalue weighted by molar-refractivity contribution is 0.111. The zero-order valence-corrected chi connectivity index (χ0v) is 16.6. The van der Waals surface area contributed by atoms with Gasteiger partial charge in [-0.15, -0.1) is 11.3 Å². The summed E-state index contributed by atoms with van der Waals surface area (Å²) in [4.78, 5) is 17.2. The highest BCUT2D eigenvalue weighted by Crippen LogP contribution is 2.42. The van der Waals surface area contributed by atoms with Gasteiger partial charge in [0, 0.05) is 22.7 Å². The average molecular weight is 372 g/mol. The molecular weight excluding hydrogens is 348 g/mol. The molecular formula is C20H24N2O3S. The lowest BCUT2D eigenvalue weighted by Gasteiger charge is -2.25. The summed E-state index contributed by atoms with van der Waals surface area (Å²) in [6, 6.07) is 3.97. The van der Waals surface area contributed by atoms with Gasteiger partial charge in [-0.25, -0.2) is 4.98 Å². The highest BCUT2D eigenvalue weighted by Gasteiger charge is 2.25. The predicted octanol–water partition coefficient (Wildman–Crippen LogP) is 4.97. The van der Waals surface area contributed by atoms with Gasteiger partial charge in [0.05, 0.1) is 13.2 Å². The van der Waals surface area contributed by atoms with Gasteiger partial charge in [-0.3, -0.25) is 9.20 Å². The van der Waals surface area contributed by atoms with Crippen molar-refractivity contribution in [2.24, 2.45) is 0 Å². The van der Waals surface area contributed by atoms with Crippen molar-refractivity contribution in [1.29, 1.82) is 0 Å². The van der Waals surface area contributed by atoms with E-state index in [0.717, 1.165) is 33.9 Å². The number of hydrogen-bond acceptors (Lipinski definition) is 5. The number of thiazole rings is 1. The Balaban J connectivity index is 2.29. The van der Waals surface area contributed by atoms with E-state index in [1.165, 1.54) is 11.3 Å². The summed E-state index contributed by atoms with van der Waals surface area (Å²) >= 11 is 1.49. The van der Waals surface area contributed by atoms with Crippen LogP contribution in [0.1, 0.15) is 50.7 Å². The highest BCUT2D eigenvalue weighted by molar-refractivity contribution is 7.15. The van der Waals surface area contributed by atoms with Gasteiger partial charge < -0.3 is 9.47 Å². The van der Waals surface area contributed by atoms with Gasteiger partial charge in [0.1, 0.15) is 22.9 Å². The molecule has 0 bridgehead atoms. The van der Waals surface area contributed by atoms with Crippen LogP contribution in [0.4, 0.5) is 0 Å². The number of imidazole rings is 1. The van der Waals surface area contributed by atoms with Crippen molar-refractivity contribution in [3.8, 4) is 22.8 Å².